The molecule has 1 atom stereocenters. The van der Waals surface area contributed by atoms with Gasteiger partial charge in [-0.25, -0.2) is 9.78 Å². The third-order valence-electron chi connectivity index (χ3n) is 2.67. The van der Waals surface area contributed by atoms with Gasteiger partial charge in [-0.05, 0) is 18.1 Å². The van der Waals surface area contributed by atoms with E-state index >= 15 is 0 Å². The summed E-state index contributed by atoms with van der Waals surface area (Å²) in [6.45, 7) is 7.51. The van der Waals surface area contributed by atoms with Crippen LogP contribution < -0.4 is 10.6 Å². The average Bonchev–Trinajstić information content (AvgIpc) is 2.42. The molecule has 0 saturated carbocycles. The third-order valence-corrected chi connectivity index (χ3v) is 2.67. The number of anilines is 1. The standard InChI is InChI=1S/C14H19N3O3/c1-4-7-15-13(18)10-5-6-11(16-8-10)17-12(9(2)3)14(19)20/h4-6,8-9,12H,1,7H2,2-3H3,(H,15,18)(H,16,17)(H,19,20)/t12-/m0/s1. The van der Waals surface area contributed by atoms with Crippen LogP contribution in [0.4, 0.5) is 5.82 Å². The maximum absolute atomic E-state index is 11.6. The number of hydrogen-bond acceptors (Lipinski definition) is 4. The molecule has 0 aromatic carbocycles. The van der Waals surface area contributed by atoms with E-state index in [9.17, 15) is 9.59 Å². The summed E-state index contributed by atoms with van der Waals surface area (Å²) in [5.41, 5.74) is 0.411. The quantitative estimate of drug-likeness (QED) is 0.657. The van der Waals surface area contributed by atoms with Crippen molar-refractivity contribution in [3.05, 3.63) is 36.5 Å². The van der Waals surface area contributed by atoms with E-state index in [0.717, 1.165) is 0 Å². The third kappa shape index (κ3) is 4.38. The first-order chi connectivity index (χ1) is 9.45. The lowest BCUT2D eigenvalue weighted by molar-refractivity contribution is -0.138. The number of nitrogens with zero attached hydrogens (tertiary/aromatic N) is 1. The zero-order chi connectivity index (χ0) is 15.1. The molecule has 0 aliphatic carbocycles. The van der Waals surface area contributed by atoms with Crippen molar-refractivity contribution in [3.63, 3.8) is 0 Å². The summed E-state index contributed by atoms with van der Waals surface area (Å²) in [5, 5.41) is 14.5. The highest BCUT2D eigenvalue weighted by Crippen LogP contribution is 2.11. The van der Waals surface area contributed by atoms with Crippen molar-refractivity contribution in [2.45, 2.75) is 19.9 Å². The number of amides is 1. The summed E-state index contributed by atoms with van der Waals surface area (Å²) in [7, 11) is 0. The molecule has 1 amide bonds. The molecule has 6 nitrogen and oxygen atoms in total. The highest BCUT2D eigenvalue weighted by Gasteiger charge is 2.21. The summed E-state index contributed by atoms with van der Waals surface area (Å²) in [6, 6.07) is 2.46. The van der Waals surface area contributed by atoms with Crippen molar-refractivity contribution in [3.8, 4) is 0 Å². The largest absolute Gasteiger partial charge is 0.480 e. The lowest BCUT2D eigenvalue weighted by atomic mass is 10.1. The molecule has 0 aliphatic heterocycles. The lowest BCUT2D eigenvalue weighted by Crippen LogP contribution is -2.34. The second kappa shape index (κ2) is 7.28. The van der Waals surface area contributed by atoms with Gasteiger partial charge in [-0.1, -0.05) is 19.9 Å². The first-order valence-electron chi connectivity index (χ1n) is 6.30. The van der Waals surface area contributed by atoms with Gasteiger partial charge in [-0.2, -0.15) is 0 Å². The van der Waals surface area contributed by atoms with Crippen LogP contribution in [0.1, 0.15) is 24.2 Å². The monoisotopic (exact) mass is 277 g/mol. The van der Waals surface area contributed by atoms with Crippen LogP contribution in [0.3, 0.4) is 0 Å². The first kappa shape index (κ1) is 15.7. The number of pyridine rings is 1. The van der Waals surface area contributed by atoms with E-state index in [4.69, 9.17) is 5.11 Å². The number of carboxylic acid groups (broad SMARTS) is 1. The van der Waals surface area contributed by atoms with Crippen LogP contribution in [0.2, 0.25) is 0 Å². The maximum Gasteiger partial charge on any atom is 0.326 e. The Kier molecular flexibility index (Phi) is 5.71. The fourth-order valence-corrected chi connectivity index (χ4v) is 1.55. The molecule has 1 heterocycles. The highest BCUT2D eigenvalue weighted by atomic mass is 16.4. The van der Waals surface area contributed by atoms with E-state index < -0.39 is 12.0 Å². The topological polar surface area (TPSA) is 91.3 Å². The van der Waals surface area contributed by atoms with Gasteiger partial charge in [0.1, 0.15) is 11.9 Å². The van der Waals surface area contributed by atoms with Crippen LogP contribution in [-0.2, 0) is 4.79 Å². The van der Waals surface area contributed by atoms with Gasteiger partial charge in [0.15, 0.2) is 0 Å². The molecule has 0 fully saturated rings. The molecule has 0 spiro atoms. The zero-order valence-electron chi connectivity index (χ0n) is 11.6. The molecule has 0 aliphatic rings. The SMILES string of the molecule is C=CCNC(=O)c1ccc(N[C@H](C(=O)O)C(C)C)nc1. The molecular weight excluding hydrogens is 258 g/mol. The number of aromatic nitrogens is 1. The van der Waals surface area contributed by atoms with Crippen LogP contribution >= 0.6 is 0 Å². The highest BCUT2D eigenvalue weighted by molar-refractivity contribution is 5.94. The number of aliphatic carboxylic acids is 1. The van der Waals surface area contributed by atoms with Gasteiger partial charge in [0.05, 0.1) is 5.56 Å². The number of rotatable bonds is 7. The van der Waals surface area contributed by atoms with Crippen LogP contribution in [0.15, 0.2) is 31.0 Å². The van der Waals surface area contributed by atoms with Crippen LogP contribution in [0.5, 0.6) is 0 Å². The Labute approximate surface area is 117 Å². The minimum atomic E-state index is -0.936. The second-order valence-corrected chi connectivity index (χ2v) is 4.64. The van der Waals surface area contributed by atoms with Crippen molar-refractivity contribution in [2.24, 2.45) is 5.92 Å². The van der Waals surface area contributed by atoms with E-state index in [1.165, 1.54) is 6.20 Å². The van der Waals surface area contributed by atoms with Gasteiger partial charge >= 0.3 is 5.97 Å². The van der Waals surface area contributed by atoms with Gasteiger partial charge in [-0.3, -0.25) is 4.79 Å². The van der Waals surface area contributed by atoms with Gasteiger partial charge in [0.25, 0.3) is 5.91 Å². The van der Waals surface area contributed by atoms with Crippen LogP contribution in [0.25, 0.3) is 0 Å². The number of carboxylic acids is 1. The molecule has 0 unspecified atom stereocenters. The summed E-state index contributed by atoms with van der Waals surface area (Å²) in [5.74, 6) is -0.839. The van der Waals surface area contributed by atoms with Gasteiger partial charge in [0, 0.05) is 12.7 Å². The molecule has 3 N–H and O–H groups in total. The molecule has 6 heteroatoms. The summed E-state index contributed by atoms with van der Waals surface area (Å²) < 4.78 is 0. The Morgan fingerprint density at radius 3 is 2.60 bits per heavy atom. The van der Waals surface area contributed by atoms with Crippen molar-refractivity contribution in [1.29, 1.82) is 0 Å². The molecule has 0 bridgehead atoms. The van der Waals surface area contributed by atoms with E-state index in [1.807, 2.05) is 13.8 Å². The second-order valence-electron chi connectivity index (χ2n) is 4.64. The average molecular weight is 277 g/mol. The Hall–Kier alpha value is -2.37. The van der Waals surface area contributed by atoms with E-state index in [-0.39, 0.29) is 11.8 Å². The summed E-state index contributed by atoms with van der Waals surface area (Å²) in [4.78, 5) is 26.8. The van der Waals surface area contributed by atoms with Crippen molar-refractivity contribution < 1.29 is 14.7 Å². The molecule has 20 heavy (non-hydrogen) atoms. The summed E-state index contributed by atoms with van der Waals surface area (Å²) >= 11 is 0. The molecule has 1 aromatic rings. The zero-order valence-corrected chi connectivity index (χ0v) is 11.6. The smallest absolute Gasteiger partial charge is 0.326 e. The molecule has 0 radical (unpaired) electrons. The van der Waals surface area contributed by atoms with E-state index in [0.29, 0.717) is 17.9 Å². The van der Waals surface area contributed by atoms with Gasteiger partial charge in [-0.15, -0.1) is 6.58 Å². The fourth-order valence-electron chi connectivity index (χ4n) is 1.55. The number of carbonyl (C=O) groups excluding carboxylic acids is 1. The van der Waals surface area contributed by atoms with E-state index in [2.05, 4.69) is 22.2 Å². The normalized spacial score (nSPS) is 11.8. The Balaban J connectivity index is 2.73. The number of nitrogens with one attached hydrogen (secondary N) is 2. The van der Waals surface area contributed by atoms with Crippen molar-refractivity contribution in [2.75, 3.05) is 11.9 Å². The Morgan fingerprint density at radius 1 is 1.45 bits per heavy atom. The van der Waals surface area contributed by atoms with Gasteiger partial charge in [0.2, 0.25) is 0 Å². The molecule has 1 rings (SSSR count). The Bertz CT molecular complexity index is 483. The molecule has 0 saturated heterocycles. The van der Waals surface area contributed by atoms with Gasteiger partial charge < -0.3 is 15.7 Å². The first-order valence-corrected chi connectivity index (χ1v) is 6.30. The predicted molar refractivity (Wildman–Crippen MR) is 76.7 cm³/mol. The fraction of sp³-hybridized carbons (Fsp3) is 0.357. The summed E-state index contributed by atoms with van der Waals surface area (Å²) in [6.07, 6.45) is 2.99. The van der Waals surface area contributed by atoms with Crippen LogP contribution in [-0.4, -0.2) is 34.6 Å². The number of carbonyl (C=O) groups is 2. The minimum Gasteiger partial charge on any atom is -0.480 e. The van der Waals surface area contributed by atoms with E-state index in [1.54, 1.807) is 18.2 Å². The minimum absolute atomic E-state index is 0.0788. The Morgan fingerprint density at radius 2 is 2.15 bits per heavy atom. The maximum atomic E-state index is 11.6. The number of hydrogen-bond donors (Lipinski definition) is 3. The van der Waals surface area contributed by atoms with Crippen molar-refractivity contribution in [1.82, 2.24) is 10.3 Å². The molecule has 108 valence electrons. The molecular formula is C14H19N3O3. The van der Waals surface area contributed by atoms with Crippen LogP contribution in [0, 0.1) is 5.92 Å². The van der Waals surface area contributed by atoms with Crippen molar-refractivity contribution >= 4 is 17.7 Å². The molecule has 1 aromatic heterocycles. The predicted octanol–water partition coefficient (Wildman–Crippen LogP) is 1.52. The lowest BCUT2D eigenvalue weighted by Gasteiger charge is -2.18.